The molecule has 122 valence electrons. The van der Waals surface area contributed by atoms with E-state index in [1.165, 1.54) is 29.5 Å². The Morgan fingerprint density at radius 3 is 2.96 bits per heavy atom. The Morgan fingerprint density at radius 2 is 2.21 bits per heavy atom. The lowest BCUT2D eigenvalue weighted by atomic mass is 10.2. The molecular formula is C17H13ClFN3OS. The number of benzene rings is 1. The molecule has 1 amide bonds. The number of rotatable bonds is 5. The van der Waals surface area contributed by atoms with Gasteiger partial charge in [0, 0.05) is 35.4 Å². The van der Waals surface area contributed by atoms with Crippen molar-refractivity contribution in [2.24, 2.45) is 0 Å². The first-order valence-corrected chi connectivity index (χ1v) is 8.47. The summed E-state index contributed by atoms with van der Waals surface area (Å²) in [7, 11) is 0. The van der Waals surface area contributed by atoms with Gasteiger partial charge >= 0.3 is 0 Å². The van der Waals surface area contributed by atoms with Crippen LogP contribution in [-0.4, -0.2) is 15.9 Å². The van der Waals surface area contributed by atoms with Crippen molar-refractivity contribution in [2.45, 2.75) is 12.8 Å². The average molecular weight is 362 g/mol. The van der Waals surface area contributed by atoms with Gasteiger partial charge in [0.05, 0.1) is 10.7 Å². The zero-order valence-corrected chi connectivity index (χ0v) is 14.1. The number of anilines is 1. The lowest BCUT2D eigenvalue weighted by Crippen LogP contribution is -2.12. The smallest absolute Gasteiger partial charge is 0.224 e. The molecule has 7 heteroatoms. The summed E-state index contributed by atoms with van der Waals surface area (Å²) in [5.41, 5.74) is 2.28. The summed E-state index contributed by atoms with van der Waals surface area (Å²) in [5.74, 6) is -0.686. The van der Waals surface area contributed by atoms with Crippen LogP contribution in [-0.2, 0) is 11.2 Å². The highest BCUT2D eigenvalue weighted by Crippen LogP contribution is 2.23. The minimum Gasteiger partial charge on any atom is -0.326 e. The van der Waals surface area contributed by atoms with Crippen LogP contribution in [0.15, 0.2) is 48.1 Å². The number of halogens is 2. The van der Waals surface area contributed by atoms with Crippen LogP contribution < -0.4 is 5.32 Å². The standard InChI is InChI=1S/C17H13ClFN3OS/c18-14-8-12(3-5-15(14)19)21-16(23)6-4-13-10-24-17(22-13)11-2-1-7-20-9-11/h1-3,5,7-10H,4,6H2,(H,21,23). The van der Waals surface area contributed by atoms with E-state index < -0.39 is 5.82 Å². The average Bonchev–Trinajstić information content (AvgIpc) is 3.06. The molecule has 0 radical (unpaired) electrons. The minimum absolute atomic E-state index is 0.0200. The number of hydrogen-bond donors (Lipinski definition) is 1. The number of thiazole rings is 1. The van der Waals surface area contributed by atoms with Crippen molar-refractivity contribution in [3.63, 3.8) is 0 Å². The monoisotopic (exact) mass is 361 g/mol. The molecule has 0 saturated heterocycles. The van der Waals surface area contributed by atoms with Gasteiger partial charge in [0.2, 0.25) is 5.91 Å². The summed E-state index contributed by atoms with van der Waals surface area (Å²) >= 11 is 7.21. The second-order valence-electron chi connectivity index (χ2n) is 5.06. The Bertz CT molecular complexity index is 854. The Morgan fingerprint density at radius 1 is 1.33 bits per heavy atom. The van der Waals surface area contributed by atoms with Crippen molar-refractivity contribution in [1.82, 2.24) is 9.97 Å². The van der Waals surface area contributed by atoms with Crippen molar-refractivity contribution in [3.05, 3.63) is 64.6 Å². The van der Waals surface area contributed by atoms with Crippen LogP contribution in [0.1, 0.15) is 12.1 Å². The van der Waals surface area contributed by atoms with Gasteiger partial charge in [-0.15, -0.1) is 11.3 Å². The molecule has 1 aromatic carbocycles. The van der Waals surface area contributed by atoms with Gasteiger partial charge in [0.15, 0.2) is 0 Å². The summed E-state index contributed by atoms with van der Waals surface area (Å²) in [6.45, 7) is 0. The number of nitrogens with one attached hydrogen (secondary N) is 1. The highest BCUT2D eigenvalue weighted by Gasteiger charge is 2.09. The molecule has 24 heavy (non-hydrogen) atoms. The van der Waals surface area contributed by atoms with Gasteiger partial charge in [-0.2, -0.15) is 0 Å². The molecule has 0 saturated carbocycles. The number of aryl methyl sites for hydroxylation is 1. The summed E-state index contributed by atoms with van der Waals surface area (Å²) < 4.78 is 13.1. The van der Waals surface area contributed by atoms with Gasteiger partial charge in [-0.25, -0.2) is 9.37 Å². The Kier molecular flexibility index (Phi) is 5.17. The first-order valence-electron chi connectivity index (χ1n) is 7.21. The van der Waals surface area contributed by atoms with E-state index in [1.807, 2.05) is 17.5 Å². The Labute approximate surface area is 147 Å². The quantitative estimate of drug-likeness (QED) is 0.724. The van der Waals surface area contributed by atoms with Crippen LogP contribution in [0.25, 0.3) is 10.6 Å². The number of nitrogens with zero attached hydrogens (tertiary/aromatic N) is 2. The SMILES string of the molecule is O=C(CCc1csc(-c2cccnc2)n1)Nc1ccc(F)c(Cl)c1. The van der Waals surface area contributed by atoms with E-state index in [9.17, 15) is 9.18 Å². The molecule has 1 N–H and O–H groups in total. The molecule has 0 atom stereocenters. The second kappa shape index (κ2) is 7.51. The number of carbonyl (C=O) groups excluding carboxylic acids is 1. The normalized spacial score (nSPS) is 10.6. The molecule has 0 fully saturated rings. The lowest BCUT2D eigenvalue weighted by molar-refractivity contribution is -0.116. The van der Waals surface area contributed by atoms with Gasteiger partial charge in [-0.05, 0) is 36.8 Å². The fraction of sp³-hybridized carbons (Fsp3) is 0.118. The van der Waals surface area contributed by atoms with E-state index in [4.69, 9.17) is 11.6 Å². The molecule has 3 rings (SSSR count). The Balaban J connectivity index is 1.56. The summed E-state index contributed by atoms with van der Waals surface area (Å²) in [4.78, 5) is 20.6. The molecule has 0 aliphatic carbocycles. The topological polar surface area (TPSA) is 54.9 Å². The van der Waals surface area contributed by atoms with Crippen LogP contribution >= 0.6 is 22.9 Å². The molecular weight excluding hydrogens is 349 g/mol. The molecule has 0 unspecified atom stereocenters. The third-order valence-electron chi connectivity index (χ3n) is 3.27. The van der Waals surface area contributed by atoms with Crippen molar-refractivity contribution in [3.8, 4) is 10.6 Å². The second-order valence-corrected chi connectivity index (χ2v) is 6.33. The Hall–Kier alpha value is -2.31. The van der Waals surface area contributed by atoms with E-state index in [-0.39, 0.29) is 17.4 Å². The predicted molar refractivity (Wildman–Crippen MR) is 93.7 cm³/mol. The van der Waals surface area contributed by atoms with Gasteiger partial charge in [-0.1, -0.05) is 11.6 Å². The number of pyridine rings is 1. The molecule has 0 bridgehead atoms. The predicted octanol–water partition coefficient (Wildman–Crippen LogP) is 4.57. The maximum atomic E-state index is 13.1. The zero-order valence-electron chi connectivity index (χ0n) is 12.5. The van der Waals surface area contributed by atoms with Crippen LogP contribution in [0.3, 0.4) is 0 Å². The van der Waals surface area contributed by atoms with Crippen molar-refractivity contribution >= 4 is 34.5 Å². The maximum Gasteiger partial charge on any atom is 0.224 e. The molecule has 0 aliphatic heterocycles. The van der Waals surface area contributed by atoms with Crippen molar-refractivity contribution in [1.29, 1.82) is 0 Å². The highest BCUT2D eigenvalue weighted by molar-refractivity contribution is 7.13. The maximum absolute atomic E-state index is 13.1. The first kappa shape index (κ1) is 16.5. The highest BCUT2D eigenvalue weighted by atomic mass is 35.5. The van der Waals surface area contributed by atoms with Crippen molar-refractivity contribution < 1.29 is 9.18 Å². The van der Waals surface area contributed by atoms with Crippen LogP contribution in [0, 0.1) is 5.82 Å². The number of amides is 1. The van der Waals surface area contributed by atoms with E-state index in [2.05, 4.69) is 15.3 Å². The fourth-order valence-corrected chi connectivity index (χ4v) is 3.11. The fourth-order valence-electron chi connectivity index (χ4n) is 2.08. The molecule has 0 aliphatic rings. The van der Waals surface area contributed by atoms with Gasteiger partial charge in [0.1, 0.15) is 10.8 Å². The van der Waals surface area contributed by atoms with Crippen molar-refractivity contribution in [2.75, 3.05) is 5.32 Å². The summed E-state index contributed by atoms with van der Waals surface area (Å²) in [5, 5.41) is 5.49. The molecule has 2 aromatic heterocycles. The van der Waals surface area contributed by atoms with Gasteiger partial charge in [-0.3, -0.25) is 9.78 Å². The first-order chi connectivity index (χ1) is 11.6. The van der Waals surface area contributed by atoms with Crippen LogP contribution in [0.5, 0.6) is 0 Å². The van der Waals surface area contributed by atoms with Crippen LogP contribution in [0.4, 0.5) is 10.1 Å². The number of carbonyl (C=O) groups is 1. The summed E-state index contributed by atoms with van der Waals surface area (Å²) in [6, 6.07) is 7.89. The van der Waals surface area contributed by atoms with Crippen LogP contribution in [0.2, 0.25) is 5.02 Å². The third kappa shape index (κ3) is 4.15. The van der Waals surface area contributed by atoms with Gasteiger partial charge < -0.3 is 5.32 Å². The third-order valence-corrected chi connectivity index (χ3v) is 4.50. The zero-order chi connectivity index (χ0) is 16.9. The molecule has 4 nitrogen and oxygen atoms in total. The number of hydrogen-bond acceptors (Lipinski definition) is 4. The van der Waals surface area contributed by atoms with E-state index in [0.717, 1.165) is 16.3 Å². The minimum atomic E-state index is -0.514. The molecule has 2 heterocycles. The van der Waals surface area contributed by atoms with E-state index >= 15 is 0 Å². The van der Waals surface area contributed by atoms with Gasteiger partial charge in [0.25, 0.3) is 0 Å². The lowest BCUT2D eigenvalue weighted by Gasteiger charge is -2.05. The summed E-state index contributed by atoms with van der Waals surface area (Å²) in [6.07, 6.45) is 4.28. The molecule has 0 spiro atoms. The molecule has 3 aromatic rings. The van der Waals surface area contributed by atoms with E-state index in [0.29, 0.717) is 12.1 Å². The largest absolute Gasteiger partial charge is 0.326 e. The number of aromatic nitrogens is 2. The van der Waals surface area contributed by atoms with E-state index in [1.54, 1.807) is 12.4 Å².